The number of halogens is 1. The van der Waals surface area contributed by atoms with Crippen molar-refractivity contribution in [1.29, 1.82) is 0 Å². The van der Waals surface area contributed by atoms with Crippen LogP contribution < -0.4 is 4.74 Å². The lowest BCUT2D eigenvalue weighted by Crippen LogP contribution is -2.34. The van der Waals surface area contributed by atoms with Crippen LogP contribution in [0.15, 0.2) is 24.3 Å². The third kappa shape index (κ3) is 4.77. The summed E-state index contributed by atoms with van der Waals surface area (Å²) >= 11 is 0. The molecule has 1 aliphatic heterocycles. The highest BCUT2D eigenvalue weighted by Gasteiger charge is 2.22. The van der Waals surface area contributed by atoms with E-state index in [1.165, 1.54) is 22.5 Å². The molecular formula is C16H21FN4O4S. The number of nitrogens with zero attached hydrogens (tertiary/aromatic N) is 4. The van der Waals surface area contributed by atoms with Crippen molar-refractivity contribution < 1.29 is 22.3 Å². The summed E-state index contributed by atoms with van der Waals surface area (Å²) in [5.41, 5.74) is 0. The molecule has 2 heterocycles. The number of benzene rings is 1. The largest absolute Gasteiger partial charge is 0.492 e. The highest BCUT2D eigenvalue weighted by molar-refractivity contribution is 7.88. The molecule has 0 unspecified atom stereocenters. The van der Waals surface area contributed by atoms with Crippen molar-refractivity contribution in [3.63, 3.8) is 0 Å². The molecule has 0 aliphatic carbocycles. The van der Waals surface area contributed by atoms with Crippen LogP contribution >= 0.6 is 0 Å². The Balaban J connectivity index is 1.66. The van der Waals surface area contributed by atoms with Gasteiger partial charge >= 0.3 is 0 Å². The molecule has 0 N–H and O–H groups in total. The summed E-state index contributed by atoms with van der Waals surface area (Å²) < 4.78 is 51.5. The molecule has 0 spiro atoms. The number of ether oxygens (including phenoxy) is 2. The van der Waals surface area contributed by atoms with E-state index in [9.17, 15) is 12.8 Å². The highest BCUT2D eigenvalue weighted by atomic mass is 32.2. The summed E-state index contributed by atoms with van der Waals surface area (Å²) in [7, 11) is -3.47. The Kier molecular flexibility index (Phi) is 5.84. The Bertz CT molecular complexity index is 856. The lowest BCUT2D eigenvalue weighted by atomic mass is 10.3. The quantitative estimate of drug-likeness (QED) is 0.703. The predicted octanol–water partition coefficient (Wildman–Crippen LogP) is 0.830. The molecule has 8 nitrogen and oxygen atoms in total. The fourth-order valence-electron chi connectivity index (χ4n) is 2.70. The molecule has 1 aliphatic rings. The van der Waals surface area contributed by atoms with E-state index >= 15 is 0 Å². The minimum absolute atomic E-state index is 0.0956. The van der Waals surface area contributed by atoms with Crippen molar-refractivity contribution >= 4 is 10.0 Å². The monoisotopic (exact) mass is 384 g/mol. The van der Waals surface area contributed by atoms with Crippen molar-refractivity contribution in [3.05, 3.63) is 41.7 Å². The van der Waals surface area contributed by atoms with Crippen molar-refractivity contribution in [2.75, 3.05) is 32.6 Å². The molecule has 142 valence electrons. The molecule has 0 fully saturated rings. The summed E-state index contributed by atoms with van der Waals surface area (Å²) in [6.07, 6.45) is 1.78. The average molecular weight is 384 g/mol. The number of hydrogen-bond acceptors (Lipinski definition) is 6. The zero-order chi connectivity index (χ0) is 18.6. The SMILES string of the molecule is CS(=O)(=O)N(CCOc1cccc(F)c1)Cc1nnc2n1CCOCC2. The van der Waals surface area contributed by atoms with Crippen LogP contribution in [-0.4, -0.2) is 60.1 Å². The summed E-state index contributed by atoms with van der Waals surface area (Å²) in [5, 5.41) is 8.26. The van der Waals surface area contributed by atoms with E-state index in [-0.39, 0.29) is 19.7 Å². The number of hydrogen-bond donors (Lipinski definition) is 0. The lowest BCUT2D eigenvalue weighted by Gasteiger charge is -2.20. The van der Waals surface area contributed by atoms with Crippen molar-refractivity contribution in [1.82, 2.24) is 19.1 Å². The van der Waals surface area contributed by atoms with Crippen LogP contribution in [0, 0.1) is 5.82 Å². The van der Waals surface area contributed by atoms with Gasteiger partial charge in [-0.2, -0.15) is 4.31 Å². The third-order valence-corrected chi connectivity index (χ3v) is 5.28. The average Bonchev–Trinajstić information content (AvgIpc) is 2.80. The first-order valence-corrected chi connectivity index (χ1v) is 10.1. The van der Waals surface area contributed by atoms with Gasteiger partial charge in [0, 0.05) is 25.6 Å². The van der Waals surface area contributed by atoms with Gasteiger partial charge in [-0.3, -0.25) is 0 Å². The van der Waals surface area contributed by atoms with E-state index < -0.39 is 15.8 Å². The lowest BCUT2D eigenvalue weighted by molar-refractivity contribution is 0.139. The third-order valence-electron chi connectivity index (χ3n) is 4.03. The van der Waals surface area contributed by atoms with Gasteiger partial charge in [0.1, 0.15) is 29.8 Å². The Morgan fingerprint density at radius 3 is 2.96 bits per heavy atom. The summed E-state index contributed by atoms with van der Waals surface area (Å²) in [5.74, 6) is 1.31. The molecule has 0 amide bonds. The van der Waals surface area contributed by atoms with Crippen LogP contribution in [0.4, 0.5) is 4.39 Å². The molecule has 3 rings (SSSR count). The molecule has 2 aromatic rings. The van der Waals surface area contributed by atoms with E-state index in [1.54, 1.807) is 6.07 Å². The second-order valence-corrected chi connectivity index (χ2v) is 7.93. The van der Waals surface area contributed by atoms with E-state index in [1.807, 2.05) is 4.57 Å². The molecule has 0 radical (unpaired) electrons. The van der Waals surface area contributed by atoms with E-state index in [0.717, 1.165) is 12.1 Å². The Morgan fingerprint density at radius 2 is 2.19 bits per heavy atom. The van der Waals surface area contributed by atoms with Crippen LogP contribution in [-0.2, 0) is 34.3 Å². The van der Waals surface area contributed by atoms with Gasteiger partial charge in [-0.25, -0.2) is 12.8 Å². The van der Waals surface area contributed by atoms with E-state index in [4.69, 9.17) is 9.47 Å². The van der Waals surface area contributed by atoms with Crippen LogP contribution in [0.2, 0.25) is 0 Å². The zero-order valence-electron chi connectivity index (χ0n) is 14.5. The van der Waals surface area contributed by atoms with Gasteiger partial charge < -0.3 is 14.0 Å². The van der Waals surface area contributed by atoms with Crippen LogP contribution in [0.1, 0.15) is 11.6 Å². The Morgan fingerprint density at radius 1 is 1.35 bits per heavy atom. The predicted molar refractivity (Wildman–Crippen MR) is 91.7 cm³/mol. The number of aromatic nitrogens is 3. The molecular weight excluding hydrogens is 363 g/mol. The molecule has 0 atom stereocenters. The summed E-state index contributed by atoms with van der Waals surface area (Å²) in [4.78, 5) is 0. The molecule has 1 aromatic carbocycles. The van der Waals surface area contributed by atoms with Gasteiger partial charge in [-0.1, -0.05) is 6.07 Å². The molecule has 0 bridgehead atoms. The second-order valence-electron chi connectivity index (χ2n) is 5.95. The van der Waals surface area contributed by atoms with Gasteiger partial charge in [0.15, 0.2) is 0 Å². The number of rotatable bonds is 7. The molecule has 0 saturated carbocycles. The van der Waals surface area contributed by atoms with Crippen LogP contribution in [0.3, 0.4) is 0 Å². The van der Waals surface area contributed by atoms with Gasteiger partial charge in [-0.05, 0) is 12.1 Å². The van der Waals surface area contributed by atoms with Crippen LogP contribution in [0.25, 0.3) is 0 Å². The normalized spacial score (nSPS) is 14.9. The smallest absolute Gasteiger partial charge is 0.211 e. The highest BCUT2D eigenvalue weighted by Crippen LogP contribution is 2.14. The summed E-state index contributed by atoms with van der Waals surface area (Å²) in [6.45, 7) is 2.02. The van der Waals surface area contributed by atoms with E-state index in [0.29, 0.717) is 37.8 Å². The fraction of sp³-hybridized carbons (Fsp3) is 0.500. The van der Waals surface area contributed by atoms with Gasteiger partial charge in [0.05, 0.1) is 26.0 Å². The maximum Gasteiger partial charge on any atom is 0.211 e. The van der Waals surface area contributed by atoms with Crippen molar-refractivity contribution in [3.8, 4) is 5.75 Å². The standard InChI is InChI=1S/C16H21FN4O4S/c1-26(22,23)20(6-10-25-14-4-2-3-13(17)11-14)12-16-19-18-15-5-8-24-9-7-21(15)16/h2-4,11H,5-10,12H2,1H3. The molecule has 26 heavy (non-hydrogen) atoms. The first kappa shape index (κ1) is 18.7. The first-order chi connectivity index (χ1) is 12.4. The van der Waals surface area contributed by atoms with Crippen LogP contribution in [0.5, 0.6) is 5.75 Å². The summed E-state index contributed by atoms with van der Waals surface area (Å²) in [6, 6.07) is 5.72. The minimum atomic E-state index is -3.47. The van der Waals surface area contributed by atoms with Gasteiger partial charge in [0.2, 0.25) is 10.0 Å². The second kappa shape index (κ2) is 8.11. The maximum atomic E-state index is 13.2. The first-order valence-electron chi connectivity index (χ1n) is 8.25. The van der Waals surface area contributed by atoms with Gasteiger partial charge in [-0.15, -0.1) is 10.2 Å². The Labute approximate surface area is 151 Å². The van der Waals surface area contributed by atoms with Crippen molar-refractivity contribution in [2.24, 2.45) is 0 Å². The molecule has 1 aromatic heterocycles. The molecule has 0 saturated heterocycles. The number of fused-ring (bicyclic) bond motifs is 1. The fourth-order valence-corrected chi connectivity index (χ4v) is 3.45. The molecule has 10 heteroatoms. The zero-order valence-corrected chi connectivity index (χ0v) is 15.3. The minimum Gasteiger partial charge on any atom is -0.492 e. The topological polar surface area (TPSA) is 86.5 Å². The van der Waals surface area contributed by atoms with Crippen molar-refractivity contribution in [2.45, 2.75) is 19.5 Å². The number of sulfonamides is 1. The van der Waals surface area contributed by atoms with E-state index in [2.05, 4.69) is 10.2 Å². The maximum absolute atomic E-state index is 13.2. The Hall–Kier alpha value is -2.04. The van der Waals surface area contributed by atoms with Gasteiger partial charge in [0.25, 0.3) is 0 Å².